The minimum absolute atomic E-state index is 0.114. The Morgan fingerprint density at radius 2 is 1.90 bits per heavy atom. The Labute approximate surface area is 116 Å². The van der Waals surface area contributed by atoms with Crippen molar-refractivity contribution in [3.05, 3.63) is 29.3 Å². The zero-order valence-electron chi connectivity index (χ0n) is 11.2. The molecule has 2 fully saturated rings. The number of anilines is 1. The van der Waals surface area contributed by atoms with E-state index < -0.39 is 11.6 Å². The summed E-state index contributed by atoms with van der Waals surface area (Å²) in [5.74, 6) is -1.47. The third kappa shape index (κ3) is 2.15. The molecule has 1 heterocycles. The van der Waals surface area contributed by atoms with Crippen molar-refractivity contribution in [3.8, 4) is 0 Å². The number of likely N-dealkylation sites (tertiary alicyclic amines) is 1. The average molecular weight is 280 g/mol. The highest BCUT2D eigenvalue weighted by Gasteiger charge is 2.38. The zero-order valence-corrected chi connectivity index (χ0v) is 11.2. The van der Waals surface area contributed by atoms with E-state index >= 15 is 0 Å². The minimum atomic E-state index is -0.832. The molecule has 0 bridgehead atoms. The molecule has 20 heavy (non-hydrogen) atoms. The van der Waals surface area contributed by atoms with Gasteiger partial charge in [0.05, 0.1) is 11.3 Å². The van der Waals surface area contributed by atoms with Crippen LogP contribution >= 0.6 is 0 Å². The highest BCUT2D eigenvalue weighted by atomic mass is 19.1. The molecule has 108 valence electrons. The number of amides is 1. The first kappa shape index (κ1) is 13.3. The number of rotatable bonds is 1. The predicted molar refractivity (Wildman–Crippen MR) is 72.2 cm³/mol. The summed E-state index contributed by atoms with van der Waals surface area (Å²) < 4.78 is 27.0. The lowest BCUT2D eigenvalue weighted by molar-refractivity contribution is 0.0543. The lowest BCUT2D eigenvalue weighted by Crippen LogP contribution is -2.46. The first-order valence-electron chi connectivity index (χ1n) is 7.13. The molecule has 1 aliphatic carbocycles. The monoisotopic (exact) mass is 280 g/mol. The number of hydrogen-bond acceptors (Lipinski definition) is 2. The molecule has 2 N–H and O–H groups in total. The lowest BCUT2D eigenvalue weighted by atomic mass is 9.91. The second kappa shape index (κ2) is 5.04. The van der Waals surface area contributed by atoms with Crippen LogP contribution in [-0.2, 0) is 0 Å². The summed E-state index contributed by atoms with van der Waals surface area (Å²) in [6.45, 7) is 0.650. The Hall–Kier alpha value is -1.65. The van der Waals surface area contributed by atoms with Crippen molar-refractivity contribution in [2.24, 2.45) is 5.92 Å². The van der Waals surface area contributed by atoms with Gasteiger partial charge in [0.15, 0.2) is 0 Å². The summed E-state index contributed by atoms with van der Waals surface area (Å²) in [4.78, 5) is 14.3. The van der Waals surface area contributed by atoms with Crippen LogP contribution in [-0.4, -0.2) is 23.4 Å². The van der Waals surface area contributed by atoms with Gasteiger partial charge in [0.1, 0.15) is 11.6 Å². The van der Waals surface area contributed by atoms with Crippen molar-refractivity contribution < 1.29 is 13.6 Å². The van der Waals surface area contributed by atoms with Gasteiger partial charge in [0.2, 0.25) is 0 Å². The standard InChI is InChI=1S/C15H18F2N2O/c16-11-8-12(17)13(18)7-10(11)15(20)19-6-2-4-9-3-1-5-14(9)19/h7-9,14H,1-6,18H2. The second-order valence-corrected chi connectivity index (χ2v) is 5.75. The van der Waals surface area contributed by atoms with E-state index in [1.54, 1.807) is 4.90 Å². The van der Waals surface area contributed by atoms with Crippen molar-refractivity contribution in [1.29, 1.82) is 0 Å². The first-order valence-corrected chi connectivity index (χ1v) is 7.13. The van der Waals surface area contributed by atoms with Crippen LogP contribution in [0.25, 0.3) is 0 Å². The lowest BCUT2D eigenvalue weighted by Gasteiger charge is -2.38. The van der Waals surface area contributed by atoms with Crippen molar-refractivity contribution in [2.45, 2.75) is 38.1 Å². The smallest absolute Gasteiger partial charge is 0.257 e. The maximum absolute atomic E-state index is 13.8. The third-order valence-electron chi connectivity index (χ3n) is 4.57. The van der Waals surface area contributed by atoms with Gasteiger partial charge in [0.25, 0.3) is 5.91 Å². The number of nitrogens with two attached hydrogens (primary N) is 1. The number of nitrogen functional groups attached to an aromatic ring is 1. The van der Waals surface area contributed by atoms with Gasteiger partial charge in [-0.15, -0.1) is 0 Å². The number of carbonyl (C=O) groups excluding carboxylic acids is 1. The summed E-state index contributed by atoms with van der Waals surface area (Å²) in [6, 6.07) is 2.02. The van der Waals surface area contributed by atoms with Crippen molar-refractivity contribution in [3.63, 3.8) is 0 Å². The number of fused-ring (bicyclic) bond motifs is 1. The van der Waals surface area contributed by atoms with Gasteiger partial charge in [-0.2, -0.15) is 0 Å². The zero-order chi connectivity index (χ0) is 14.3. The summed E-state index contributed by atoms with van der Waals surface area (Å²) in [5.41, 5.74) is 5.15. The molecule has 3 rings (SSSR count). The summed E-state index contributed by atoms with van der Waals surface area (Å²) in [6.07, 6.45) is 5.33. The number of nitrogens with zero attached hydrogens (tertiary/aromatic N) is 1. The van der Waals surface area contributed by atoms with Crippen LogP contribution in [0.1, 0.15) is 42.5 Å². The molecule has 1 saturated heterocycles. The number of hydrogen-bond donors (Lipinski definition) is 1. The van der Waals surface area contributed by atoms with Gasteiger partial charge in [-0.3, -0.25) is 4.79 Å². The second-order valence-electron chi connectivity index (χ2n) is 5.75. The molecular weight excluding hydrogens is 262 g/mol. The molecule has 2 aliphatic rings. The highest BCUT2D eigenvalue weighted by molar-refractivity contribution is 5.95. The van der Waals surface area contributed by atoms with E-state index in [9.17, 15) is 13.6 Å². The normalized spacial score (nSPS) is 25.6. The van der Waals surface area contributed by atoms with E-state index in [0.717, 1.165) is 38.2 Å². The van der Waals surface area contributed by atoms with E-state index in [1.807, 2.05) is 0 Å². The fourth-order valence-electron chi connectivity index (χ4n) is 3.59. The molecule has 2 atom stereocenters. The Balaban J connectivity index is 1.90. The molecule has 1 amide bonds. The van der Waals surface area contributed by atoms with Gasteiger partial charge in [0, 0.05) is 18.7 Å². The largest absolute Gasteiger partial charge is 0.396 e. The number of carbonyl (C=O) groups is 1. The van der Waals surface area contributed by atoms with Crippen LogP contribution in [0.2, 0.25) is 0 Å². The van der Waals surface area contributed by atoms with Crippen molar-refractivity contribution >= 4 is 11.6 Å². The van der Waals surface area contributed by atoms with Gasteiger partial charge in [-0.05, 0) is 37.7 Å². The van der Waals surface area contributed by atoms with E-state index in [-0.39, 0.29) is 23.2 Å². The van der Waals surface area contributed by atoms with E-state index in [0.29, 0.717) is 18.5 Å². The molecule has 1 saturated carbocycles. The number of halogens is 2. The predicted octanol–water partition coefficient (Wildman–Crippen LogP) is 2.95. The minimum Gasteiger partial charge on any atom is -0.396 e. The fourth-order valence-corrected chi connectivity index (χ4v) is 3.59. The van der Waals surface area contributed by atoms with Gasteiger partial charge < -0.3 is 10.6 Å². The maximum Gasteiger partial charge on any atom is 0.257 e. The maximum atomic E-state index is 13.8. The number of piperidine rings is 1. The molecule has 0 radical (unpaired) electrons. The van der Waals surface area contributed by atoms with Gasteiger partial charge in [-0.1, -0.05) is 6.42 Å². The molecule has 0 spiro atoms. The highest BCUT2D eigenvalue weighted by Crippen LogP contribution is 2.37. The molecule has 1 aromatic carbocycles. The topological polar surface area (TPSA) is 46.3 Å². The summed E-state index contributed by atoms with van der Waals surface area (Å²) in [7, 11) is 0. The molecule has 2 unspecified atom stereocenters. The molecule has 5 heteroatoms. The van der Waals surface area contributed by atoms with Crippen LogP contribution < -0.4 is 5.73 Å². The first-order chi connectivity index (χ1) is 9.58. The van der Waals surface area contributed by atoms with Gasteiger partial charge >= 0.3 is 0 Å². The SMILES string of the molecule is Nc1cc(C(=O)N2CCCC3CCCC32)c(F)cc1F. The van der Waals surface area contributed by atoms with Crippen LogP contribution in [0.15, 0.2) is 12.1 Å². The van der Waals surface area contributed by atoms with Crippen LogP contribution in [0, 0.1) is 17.6 Å². The van der Waals surface area contributed by atoms with Crippen LogP contribution in [0.5, 0.6) is 0 Å². The van der Waals surface area contributed by atoms with Crippen LogP contribution in [0.4, 0.5) is 14.5 Å². The van der Waals surface area contributed by atoms with Crippen LogP contribution in [0.3, 0.4) is 0 Å². The number of benzene rings is 1. The third-order valence-corrected chi connectivity index (χ3v) is 4.57. The molecule has 1 aromatic rings. The van der Waals surface area contributed by atoms with Crippen molar-refractivity contribution in [1.82, 2.24) is 4.90 Å². The molecular formula is C15H18F2N2O. The summed E-state index contributed by atoms with van der Waals surface area (Å²) >= 11 is 0. The Morgan fingerprint density at radius 1 is 1.15 bits per heavy atom. The van der Waals surface area contributed by atoms with E-state index in [1.165, 1.54) is 0 Å². The Kier molecular flexibility index (Phi) is 3.36. The van der Waals surface area contributed by atoms with Gasteiger partial charge in [-0.25, -0.2) is 8.78 Å². The molecule has 0 aromatic heterocycles. The average Bonchev–Trinajstić information content (AvgIpc) is 2.90. The molecule has 1 aliphatic heterocycles. The van der Waals surface area contributed by atoms with Crippen molar-refractivity contribution in [2.75, 3.05) is 12.3 Å². The molecule has 3 nitrogen and oxygen atoms in total. The Morgan fingerprint density at radius 3 is 2.70 bits per heavy atom. The van der Waals surface area contributed by atoms with E-state index in [2.05, 4.69) is 0 Å². The quantitative estimate of drug-likeness (QED) is 0.804. The summed E-state index contributed by atoms with van der Waals surface area (Å²) in [5, 5.41) is 0. The van der Waals surface area contributed by atoms with E-state index in [4.69, 9.17) is 5.73 Å². The fraction of sp³-hybridized carbons (Fsp3) is 0.533. The Bertz CT molecular complexity index is 547.